The number of hydrogen-bond acceptors (Lipinski definition) is 4. The van der Waals surface area contributed by atoms with E-state index in [4.69, 9.17) is 0 Å². The number of carbonyl (C=O) groups excluding carboxylic acids is 1. The summed E-state index contributed by atoms with van der Waals surface area (Å²) in [5.74, 6) is 0.0105. The maximum atomic E-state index is 11.9. The van der Waals surface area contributed by atoms with E-state index in [0.717, 1.165) is 11.3 Å². The highest BCUT2D eigenvalue weighted by Crippen LogP contribution is 2.16. The van der Waals surface area contributed by atoms with Gasteiger partial charge in [0.1, 0.15) is 19.3 Å². The molecule has 1 aromatic heterocycles. The smallest absolute Gasteiger partial charge is 0.244 e. The van der Waals surface area contributed by atoms with Crippen LogP contribution in [0.2, 0.25) is 0 Å². The number of aromatic nitrogens is 3. The molecule has 1 amide bonds. The van der Waals surface area contributed by atoms with E-state index in [-0.39, 0.29) is 5.91 Å². The van der Waals surface area contributed by atoms with Crippen LogP contribution in [0.1, 0.15) is 24.0 Å². The highest BCUT2D eigenvalue weighted by Gasteiger charge is 2.21. The van der Waals surface area contributed by atoms with Crippen molar-refractivity contribution in [3.05, 3.63) is 48.0 Å². The second-order valence-electron chi connectivity index (χ2n) is 4.78. The number of amides is 1. The average Bonchev–Trinajstić information content (AvgIpc) is 2.95. The Morgan fingerprint density at radius 3 is 2.70 bits per heavy atom. The van der Waals surface area contributed by atoms with Crippen molar-refractivity contribution in [1.29, 1.82) is 0 Å². The number of aryl methyl sites for hydroxylation is 1. The number of nitrogens with zero attached hydrogens (tertiary/aromatic N) is 5. The summed E-state index contributed by atoms with van der Waals surface area (Å²) in [7, 11) is 0. The molecule has 0 N–H and O–H groups in total. The lowest BCUT2D eigenvalue weighted by molar-refractivity contribution is -0.133. The quantitative estimate of drug-likeness (QED) is 0.849. The Morgan fingerprint density at radius 1 is 1.20 bits per heavy atom. The summed E-state index contributed by atoms with van der Waals surface area (Å²) < 4.78 is 1.58. The molecule has 1 aromatic carbocycles. The van der Waals surface area contributed by atoms with Gasteiger partial charge in [-0.05, 0) is 12.5 Å². The second-order valence-corrected chi connectivity index (χ2v) is 4.78. The zero-order valence-corrected chi connectivity index (χ0v) is 11.2. The van der Waals surface area contributed by atoms with Gasteiger partial charge in [0.15, 0.2) is 0 Å². The Balaban J connectivity index is 1.84. The maximum Gasteiger partial charge on any atom is 0.244 e. The van der Waals surface area contributed by atoms with E-state index >= 15 is 0 Å². The monoisotopic (exact) mass is 269 g/mol. The van der Waals surface area contributed by atoms with E-state index in [0.29, 0.717) is 19.5 Å². The molecule has 20 heavy (non-hydrogen) atoms. The molecule has 0 spiro atoms. The highest BCUT2D eigenvalue weighted by molar-refractivity contribution is 6.04. The SMILES string of the molecule is Cc1ccc(C2=NN(Cn3cncn3)C(=O)CC2)cc1. The molecule has 1 aliphatic rings. The number of benzene rings is 1. The van der Waals surface area contributed by atoms with Gasteiger partial charge in [-0.25, -0.2) is 14.7 Å². The summed E-state index contributed by atoms with van der Waals surface area (Å²) in [6, 6.07) is 8.18. The maximum absolute atomic E-state index is 11.9. The Labute approximate surface area is 116 Å². The first-order chi connectivity index (χ1) is 9.72. The Bertz CT molecular complexity index is 630. The van der Waals surface area contributed by atoms with Crippen LogP contribution in [-0.4, -0.2) is 31.4 Å². The van der Waals surface area contributed by atoms with Crippen LogP contribution in [-0.2, 0) is 11.5 Å². The lowest BCUT2D eigenvalue weighted by atomic mass is 10.0. The fourth-order valence-electron chi connectivity index (χ4n) is 2.11. The summed E-state index contributed by atoms with van der Waals surface area (Å²) >= 11 is 0. The third-order valence-corrected chi connectivity index (χ3v) is 3.24. The van der Waals surface area contributed by atoms with Gasteiger partial charge in [0, 0.05) is 12.8 Å². The van der Waals surface area contributed by atoms with Crippen LogP contribution in [0.4, 0.5) is 0 Å². The molecule has 2 heterocycles. The minimum atomic E-state index is 0.0105. The third kappa shape index (κ3) is 2.59. The summed E-state index contributed by atoms with van der Waals surface area (Å²) in [6.07, 6.45) is 4.17. The van der Waals surface area contributed by atoms with Crippen LogP contribution in [0.3, 0.4) is 0 Å². The zero-order valence-electron chi connectivity index (χ0n) is 11.2. The van der Waals surface area contributed by atoms with Crippen molar-refractivity contribution in [3.63, 3.8) is 0 Å². The van der Waals surface area contributed by atoms with Crippen LogP contribution in [0.5, 0.6) is 0 Å². The molecule has 0 fully saturated rings. The molecule has 0 saturated heterocycles. The molecule has 102 valence electrons. The van der Waals surface area contributed by atoms with Gasteiger partial charge in [-0.1, -0.05) is 29.8 Å². The molecular weight excluding hydrogens is 254 g/mol. The number of rotatable bonds is 3. The largest absolute Gasteiger partial charge is 0.273 e. The first kappa shape index (κ1) is 12.5. The van der Waals surface area contributed by atoms with Gasteiger partial charge in [-0.3, -0.25) is 4.79 Å². The lowest BCUT2D eigenvalue weighted by Crippen LogP contribution is -2.33. The fraction of sp³-hybridized carbons (Fsp3) is 0.286. The molecule has 0 unspecified atom stereocenters. The molecule has 6 heteroatoms. The summed E-state index contributed by atoms with van der Waals surface area (Å²) in [4.78, 5) is 15.8. The molecule has 3 rings (SSSR count). The first-order valence-corrected chi connectivity index (χ1v) is 6.50. The second kappa shape index (κ2) is 5.24. The molecule has 1 aliphatic heterocycles. The van der Waals surface area contributed by atoms with Crippen LogP contribution in [0, 0.1) is 6.92 Å². The van der Waals surface area contributed by atoms with Crippen LogP contribution in [0.25, 0.3) is 0 Å². The van der Waals surface area contributed by atoms with Crippen molar-refractivity contribution in [1.82, 2.24) is 19.8 Å². The van der Waals surface area contributed by atoms with Gasteiger partial charge >= 0.3 is 0 Å². The fourth-order valence-corrected chi connectivity index (χ4v) is 2.11. The van der Waals surface area contributed by atoms with E-state index in [2.05, 4.69) is 27.3 Å². The molecule has 0 bridgehead atoms. The third-order valence-electron chi connectivity index (χ3n) is 3.24. The van der Waals surface area contributed by atoms with Crippen molar-refractivity contribution in [2.75, 3.05) is 0 Å². The topological polar surface area (TPSA) is 63.4 Å². The molecule has 6 nitrogen and oxygen atoms in total. The number of hydrogen-bond donors (Lipinski definition) is 0. The summed E-state index contributed by atoms with van der Waals surface area (Å²) in [5, 5.41) is 9.90. The number of carbonyl (C=O) groups is 1. The molecule has 0 aliphatic carbocycles. The Morgan fingerprint density at radius 2 is 2.00 bits per heavy atom. The molecule has 0 radical (unpaired) electrons. The van der Waals surface area contributed by atoms with Crippen molar-refractivity contribution in [2.24, 2.45) is 5.10 Å². The van der Waals surface area contributed by atoms with E-state index in [1.807, 2.05) is 19.1 Å². The van der Waals surface area contributed by atoms with Crippen LogP contribution >= 0.6 is 0 Å². The van der Waals surface area contributed by atoms with Crippen molar-refractivity contribution < 1.29 is 4.79 Å². The average molecular weight is 269 g/mol. The standard InChI is InChI=1S/C14H15N5O/c1-11-2-4-12(5-3-11)13-6-7-14(20)19(17-13)10-18-9-15-8-16-18/h2-5,8-9H,6-7,10H2,1H3. The van der Waals surface area contributed by atoms with E-state index < -0.39 is 0 Å². The van der Waals surface area contributed by atoms with Gasteiger partial charge < -0.3 is 0 Å². The predicted octanol–water partition coefficient (Wildman–Crippen LogP) is 1.57. The minimum absolute atomic E-state index is 0.0105. The van der Waals surface area contributed by atoms with E-state index in [1.165, 1.54) is 16.9 Å². The van der Waals surface area contributed by atoms with Gasteiger partial charge in [0.25, 0.3) is 0 Å². The molecule has 0 atom stereocenters. The number of hydrazone groups is 1. The van der Waals surface area contributed by atoms with Crippen molar-refractivity contribution in [2.45, 2.75) is 26.4 Å². The van der Waals surface area contributed by atoms with Crippen molar-refractivity contribution >= 4 is 11.6 Å². The van der Waals surface area contributed by atoms with E-state index in [1.54, 1.807) is 11.0 Å². The molecule has 2 aromatic rings. The Kier molecular flexibility index (Phi) is 3.28. The normalized spacial score (nSPS) is 15.3. The lowest BCUT2D eigenvalue weighted by Gasteiger charge is -2.23. The highest BCUT2D eigenvalue weighted by atomic mass is 16.2. The van der Waals surface area contributed by atoms with Crippen molar-refractivity contribution in [3.8, 4) is 0 Å². The van der Waals surface area contributed by atoms with Crippen LogP contribution < -0.4 is 0 Å². The van der Waals surface area contributed by atoms with Gasteiger partial charge in [-0.2, -0.15) is 10.2 Å². The first-order valence-electron chi connectivity index (χ1n) is 6.50. The summed E-state index contributed by atoms with van der Waals surface area (Å²) in [6.45, 7) is 2.35. The van der Waals surface area contributed by atoms with Crippen LogP contribution in [0.15, 0.2) is 42.0 Å². The van der Waals surface area contributed by atoms with Gasteiger partial charge in [0.05, 0.1) is 5.71 Å². The van der Waals surface area contributed by atoms with Gasteiger partial charge in [0.2, 0.25) is 5.91 Å². The van der Waals surface area contributed by atoms with Gasteiger partial charge in [-0.15, -0.1) is 0 Å². The zero-order chi connectivity index (χ0) is 13.9. The Hall–Kier alpha value is -2.50. The summed E-state index contributed by atoms with van der Waals surface area (Å²) in [5.41, 5.74) is 3.21. The van der Waals surface area contributed by atoms with E-state index in [9.17, 15) is 4.79 Å². The molecule has 0 saturated carbocycles. The minimum Gasteiger partial charge on any atom is -0.273 e. The predicted molar refractivity (Wildman–Crippen MR) is 73.8 cm³/mol. The molecular formula is C14H15N5O.